The molecule has 1 atom stereocenters. The highest BCUT2D eigenvalue weighted by atomic mass is 32.2. The van der Waals surface area contributed by atoms with E-state index in [-0.39, 0.29) is 35.2 Å². The van der Waals surface area contributed by atoms with Crippen molar-refractivity contribution in [3.8, 4) is 5.75 Å². The first-order valence-electron chi connectivity index (χ1n) is 15.2. The number of methoxy groups -OCH3 is 1. The van der Waals surface area contributed by atoms with Gasteiger partial charge >= 0.3 is 0 Å². The summed E-state index contributed by atoms with van der Waals surface area (Å²) >= 11 is 0. The van der Waals surface area contributed by atoms with Crippen LogP contribution in [0.3, 0.4) is 0 Å². The molecular formula is C36H40FN3O5S. The summed E-state index contributed by atoms with van der Waals surface area (Å²) in [5, 5.41) is 2.95. The Morgan fingerprint density at radius 3 is 2.17 bits per heavy atom. The Hall–Kier alpha value is -4.70. The van der Waals surface area contributed by atoms with Gasteiger partial charge in [0, 0.05) is 19.5 Å². The molecule has 0 spiro atoms. The molecule has 0 aliphatic carbocycles. The summed E-state index contributed by atoms with van der Waals surface area (Å²) in [6.45, 7) is 3.62. The molecule has 0 radical (unpaired) electrons. The fraction of sp³-hybridized carbons (Fsp3) is 0.278. The molecule has 242 valence electrons. The number of para-hydroxylation sites is 2. The van der Waals surface area contributed by atoms with Gasteiger partial charge in [0.15, 0.2) is 0 Å². The van der Waals surface area contributed by atoms with Crippen LogP contribution in [-0.2, 0) is 32.6 Å². The topological polar surface area (TPSA) is 96.0 Å². The SMILES string of the molecule is CCCCNC(=O)[C@H](Cc1ccccc1)N(Cc1ccc(F)cc1)C(=O)CN(c1ccccc1OC)S(=O)(=O)c1ccc(C)cc1. The van der Waals surface area contributed by atoms with Crippen molar-refractivity contribution in [3.63, 3.8) is 0 Å². The van der Waals surface area contributed by atoms with Gasteiger partial charge in [-0.2, -0.15) is 0 Å². The number of nitrogens with zero attached hydrogens (tertiary/aromatic N) is 2. The van der Waals surface area contributed by atoms with Crippen LogP contribution in [0.1, 0.15) is 36.5 Å². The maximum atomic E-state index is 14.5. The highest BCUT2D eigenvalue weighted by Crippen LogP contribution is 2.32. The van der Waals surface area contributed by atoms with Crippen LogP contribution in [0, 0.1) is 12.7 Å². The number of carbonyl (C=O) groups excluding carboxylic acids is 2. The first kappa shape index (κ1) is 34.2. The summed E-state index contributed by atoms with van der Waals surface area (Å²) in [5.41, 5.74) is 2.46. The third kappa shape index (κ3) is 8.72. The zero-order chi connectivity index (χ0) is 33.1. The summed E-state index contributed by atoms with van der Waals surface area (Å²) in [5.74, 6) is -1.16. The van der Waals surface area contributed by atoms with E-state index in [0.717, 1.165) is 28.3 Å². The third-order valence-corrected chi connectivity index (χ3v) is 9.38. The van der Waals surface area contributed by atoms with E-state index < -0.39 is 34.3 Å². The number of hydrogen-bond acceptors (Lipinski definition) is 5. The minimum atomic E-state index is -4.28. The van der Waals surface area contributed by atoms with Gasteiger partial charge in [0.2, 0.25) is 11.8 Å². The zero-order valence-corrected chi connectivity index (χ0v) is 27.2. The van der Waals surface area contributed by atoms with Crippen molar-refractivity contribution in [1.82, 2.24) is 10.2 Å². The largest absolute Gasteiger partial charge is 0.495 e. The number of benzene rings is 4. The van der Waals surface area contributed by atoms with Crippen LogP contribution in [0.15, 0.2) is 108 Å². The van der Waals surface area contributed by atoms with Gasteiger partial charge in [-0.3, -0.25) is 13.9 Å². The number of ether oxygens (including phenoxy) is 1. The smallest absolute Gasteiger partial charge is 0.264 e. The molecule has 8 nitrogen and oxygen atoms in total. The number of aryl methyl sites for hydroxylation is 1. The molecule has 0 aliphatic heterocycles. The van der Waals surface area contributed by atoms with Crippen molar-refractivity contribution in [2.24, 2.45) is 0 Å². The van der Waals surface area contributed by atoms with Crippen molar-refractivity contribution in [2.75, 3.05) is 24.5 Å². The first-order valence-corrected chi connectivity index (χ1v) is 16.7. The normalized spacial score (nSPS) is 11.8. The molecule has 1 N–H and O–H groups in total. The number of rotatable bonds is 15. The van der Waals surface area contributed by atoms with Crippen LogP contribution in [0.25, 0.3) is 0 Å². The fourth-order valence-corrected chi connectivity index (χ4v) is 6.46. The van der Waals surface area contributed by atoms with Crippen LogP contribution in [-0.4, -0.2) is 51.4 Å². The van der Waals surface area contributed by atoms with Gasteiger partial charge in [-0.1, -0.05) is 85.6 Å². The highest BCUT2D eigenvalue weighted by Gasteiger charge is 2.35. The van der Waals surface area contributed by atoms with E-state index in [4.69, 9.17) is 4.74 Å². The van der Waals surface area contributed by atoms with Crippen molar-refractivity contribution in [3.05, 3.63) is 126 Å². The summed E-state index contributed by atoms with van der Waals surface area (Å²) in [6.07, 6.45) is 1.81. The Labute approximate surface area is 270 Å². The molecular weight excluding hydrogens is 605 g/mol. The number of halogens is 1. The average Bonchev–Trinajstić information content (AvgIpc) is 3.06. The Balaban J connectivity index is 1.81. The van der Waals surface area contributed by atoms with E-state index in [0.29, 0.717) is 12.1 Å². The summed E-state index contributed by atoms with van der Waals surface area (Å²) < 4.78 is 48.8. The van der Waals surface area contributed by atoms with Crippen LogP contribution >= 0.6 is 0 Å². The number of anilines is 1. The molecule has 4 aromatic carbocycles. The van der Waals surface area contributed by atoms with Gasteiger partial charge in [0.25, 0.3) is 10.0 Å². The van der Waals surface area contributed by atoms with Crippen molar-refractivity contribution in [1.29, 1.82) is 0 Å². The predicted molar refractivity (Wildman–Crippen MR) is 178 cm³/mol. The molecule has 0 saturated heterocycles. The molecule has 0 unspecified atom stereocenters. The van der Waals surface area contributed by atoms with E-state index in [1.165, 1.54) is 36.3 Å². The van der Waals surface area contributed by atoms with E-state index in [1.54, 1.807) is 48.5 Å². The lowest BCUT2D eigenvalue weighted by atomic mass is 10.0. The minimum Gasteiger partial charge on any atom is -0.495 e. The van der Waals surface area contributed by atoms with Gasteiger partial charge < -0.3 is 15.0 Å². The highest BCUT2D eigenvalue weighted by molar-refractivity contribution is 7.92. The van der Waals surface area contributed by atoms with Gasteiger partial charge in [0.1, 0.15) is 24.2 Å². The van der Waals surface area contributed by atoms with E-state index >= 15 is 0 Å². The van der Waals surface area contributed by atoms with Crippen molar-refractivity contribution < 1.29 is 27.1 Å². The Morgan fingerprint density at radius 1 is 0.870 bits per heavy atom. The molecule has 0 fully saturated rings. The number of hydrogen-bond donors (Lipinski definition) is 1. The van der Waals surface area contributed by atoms with Crippen LogP contribution < -0.4 is 14.4 Å². The van der Waals surface area contributed by atoms with E-state index in [9.17, 15) is 22.4 Å². The predicted octanol–water partition coefficient (Wildman–Crippen LogP) is 5.89. The number of carbonyl (C=O) groups is 2. The number of nitrogens with one attached hydrogen (secondary N) is 1. The average molecular weight is 646 g/mol. The summed E-state index contributed by atoms with van der Waals surface area (Å²) in [7, 11) is -2.85. The zero-order valence-electron chi connectivity index (χ0n) is 26.4. The molecule has 0 saturated carbocycles. The van der Waals surface area contributed by atoms with Crippen LogP contribution in [0.2, 0.25) is 0 Å². The quantitative estimate of drug-likeness (QED) is 0.163. The molecule has 0 heterocycles. The fourth-order valence-electron chi connectivity index (χ4n) is 5.03. The Kier molecular flexibility index (Phi) is 11.9. The maximum Gasteiger partial charge on any atom is 0.264 e. The molecule has 2 amide bonds. The lowest BCUT2D eigenvalue weighted by molar-refractivity contribution is -0.140. The number of unbranched alkanes of at least 4 members (excludes halogenated alkanes) is 1. The molecule has 0 aliphatic rings. The first-order chi connectivity index (χ1) is 22.1. The van der Waals surface area contributed by atoms with Crippen LogP contribution in [0.4, 0.5) is 10.1 Å². The lowest BCUT2D eigenvalue weighted by Crippen LogP contribution is -2.53. The maximum absolute atomic E-state index is 14.5. The second-order valence-electron chi connectivity index (χ2n) is 11.0. The minimum absolute atomic E-state index is 0.0000323. The standard InChI is InChI=1S/C36H40FN3O5S/c1-4-5-23-38-36(42)33(24-28-11-7-6-8-12-28)39(25-29-17-19-30(37)20-18-29)35(41)26-40(32-13-9-10-14-34(32)45-3)46(43,44)31-21-15-27(2)16-22-31/h6-22,33H,4-5,23-26H2,1-3H3,(H,38,42)/t33-/m0/s1. The molecule has 46 heavy (non-hydrogen) atoms. The molecule has 4 aromatic rings. The molecule has 4 rings (SSSR count). The number of sulfonamides is 1. The van der Waals surface area contributed by atoms with E-state index in [2.05, 4.69) is 5.32 Å². The molecule has 0 bridgehead atoms. The van der Waals surface area contributed by atoms with Gasteiger partial charge in [-0.05, 0) is 60.9 Å². The molecule has 10 heteroatoms. The molecule has 0 aromatic heterocycles. The van der Waals surface area contributed by atoms with E-state index in [1.807, 2.05) is 44.2 Å². The van der Waals surface area contributed by atoms with Crippen LogP contribution in [0.5, 0.6) is 5.75 Å². The third-order valence-electron chi connectivity index (χ3n) is 7.61. The summed E-state index contributed by atoms with van der Waals surface area (Å²) in [6, 6.07) is 26.9. The monoisotopic (exact) mass is 645 g/mol. The van der Waals surface area contributed by atoms with Crippen molar-refractivity contribution >= 4 is 27.5 Å². The Morgan fingerprint density at radius 2 is 1.52 bits per heavy atom. The van der Waals surface area contributed by atoms with Gasteiger partial charge in [-0.25, -0.2) is 12.8 Å². The lowest BCUT2D eigenvalue weighted by Gasteiger charge is -2.34. The second-order valence-corrected chi connectivity index (χ2v) is 12.9. The summed E-state index contributed by atoms with van der Waals surface area (Å²) in [4.78, 5) is 29.7. The van der Waals surface area contributed by atoms with Gasteiger partial charge in [0.05, 0.1) is 17.7 Å². The Bertz CT molecular complexity index is 1700. The number of amides is 2. The second kappa shape index (κ2) is 16.0. The van der Waals surface area contributed by atoms with Crippen molar-refractivity contribution in [2.45, 2.75) is 50.6 Å². The van der Waals surface area contributed by atoms with Gasteiger partial charge in [-0.15, -0.1) is 0 Å².